The van der Waals surface area contributed by atoms with Gasteiger partial charge in [-0.3, -0.25) is 0 Å². The van der Waals surface area contributed by atoms with E-state index in [1.807, 2.05) is 7.11 Å². The molecule has 1 fully saturated rings. The summed E-state index contributed by atoms with van der Waals surface area (Å²) in [5.74, 6) is 0. The van der Waals surface area contributed by atoms with Gasteiger partial charge in [-0.05, 0) is 45.9 Å². The topological polar surface area (TPSA) is 24.5 Å². The lowest BCUT2D eigenvalue weighted by molar-refractivity contribution is 0.0286. The molecule has 1 aliphatic heterocycles. The van der Waals surface area contributed by atoms with Gasteiger partial charge in [-0.15, -0.1) is 0 Å². The molecule has 0 aliphatic carbocycles. The SMILES string of the molecule is CCCN(C)CC1(COC)CCNCC1. The van der Waals surface area contributed by atoms with Crippen LogP contribution in [-0.2, 0) is 4.74 Å². The molecule has 0 saturated carbocycles. The van der Waals surface area contributed by atoms with Crippen molar-refractivity contribution in [1.82, 2.24) is 10.2 Å². The largest absolute Gasteiger partial charge is 0.384 e. The number of rotatable bonds is 6. The predicted molar refractivity (Wildman–Crippen MR) is 64.2 cm³/mol. The van der Waals surface area contributed by atoms with Crippen LogP contribution in [0.25, 0.3) is 0 Å². The van der Waals surface area contributed by atoms with Gasteiger partial charge in [-0.1, -0.05) is 6.92 Å². The molecule has 1 aliphatic rings. The third-order valence-electron chi connectivity index (χ3n) is 3.33. The van der Waals surface area contributed by atoms with E-state index in [1.165, 1.54) is 32.4 Å². The summed E-state index contributed by atoms with van der Waals surface area (Å²) in [6.07, 6.45) is 3.72. The Morgan fingerprint density at radius 3 is 2.53 bits per heavy atom. The summed E-state index contributed by atoms with van der Waals surface area (Å²) in [5, 5.41) is 3.43. The van der Waals surface area contributed by atoms with Gasteiger partial charge in [0, 0.05) is 19.1 Å². The molecule has 1 saturated heterocycles. The van der Waals surface area contributed by atoms with E-state index in [9.17, 15) is 0 Å². The van der Waals surface area contributed by atoms with Gasteiger partial charge in [0.25, 0.3) is 0 Å². The van der Waals surface area contributed by atoms with Crippen molar-refractivity contribution in [2.75, 3.05) is 46.9 Å². The molecule has 0 amide bonds. The van der Waals surface area contributed by atoms with Crippen LogP contribution >= 0.6 is 0 Å². The maximum absolute atomic E-state index is 5.41. The molecule has 0 aromatic carbocycles. The van der Waals surface area contributed by atoms with Crippen LogP contribution in [0.15, 0.2) is 0 Å². The maximum Gasteiger partial charge on any atom is 0.0531 e. The fourth-order valence-electron chi connectivity index (χ4n) is 2.64. The second-order valence-electron chi connectivity index (χ2n) is 4.92. The monoisotopic (exact) mass is 214 g/mol. The van der Waals surface area contributed by atoms with Gasteiger partial charge < -0.3 is 15.0 Å². The van der Waals surface area contributed by atoms with Gasteiger partial charge in [0.2, 0.25) is 0 Å². The number of hydrogen-bond acceptors (Lipinski definition) is 3. The molecule has 0 bridgehead atoms. The second-order valence-corrected chi connectivity index (χ2v) is 4.92. The summed E-state index contributed by atoms with van der Waals surface area (Å²) >= 11 is 0. The highest BCUT2D eigenvalue weighted by Crippen LogP contribution is 2.29. The zero-order chi connectivity index (χ0) is 11.1. The normalized spacial score (nSPS) is 20.8. The first-order chi connectivity index (χ1) is 7.22. The molecule has 0 aromatic rings. The van der Waals surface area contributed by atoms with Crippen molar-refractivity contribution in [3.05, 3.63) is 0 Å². The van der Waals surface area contributed by atoms with Crippen molar-refractivity contribution in [1.29, 1.82) is 0 Å². The summed E-state index contributed by atoms with van der Waals surface area (Å²) in [7, 11) is 4.05. The molecule has 3 heteroatoms. The van der Waals surface area contributed by atoms with Crippen LogP contribution in [0.5, 0.6) is 0 Å². The van der Waals surface area contributed by atoms with Gasteiger partial charge >= 0.3 is 0 Å². The number of ether oxygens (including phenoxy) is 1. The lowest BCUT2D eigenvalue weighted by Gasteiger charge is -2.39. The predicted octanol–water partition coefficient (Wildman–Crippen LogP) is 1.34. The van der Waals surface area contributed by atoms with Crippen LogP contribution in [-0.4, -0.2) is 51.8 Å². The molecule has 1 rings (SSSR count). The molecule has 1 heterocycles. The quantitative estimate of drug-likeness (QED) is 0.722. The van der Waals surface area contributed by atoms with E-state index in [-0.39, 0.29) is 0 Å². The molecular formula is C12H26N2O. The minimum absolute atomic E-state index is 0.393. The van der Waals surface area contributed by atoms with Gasteiger partial charge in [-0.25, -0.2) is 0 Å². The van der Waals surface area contributed by atoms with Crippen molar-refractivity contribution in [2.24, 2.45) is 5.41 Å². The van der Waals surface area contributed by atoms with Crippen molar-refractivity contribution in [3.8, 4) is 0 Å². The summed E-state index contributed by atoms with van der Waals surface area (Å²) in [5.41, 5.74) is 0.393. The van der Waals surface area contributed by atoms with Crippen molar-refractivity contribution in [2.45, 2.75) is 26.2 Å². The zero-order valence-corrected chi connectivity index (χ0v) is 10.5. The Morgan fingerprint density at radius 1 is 1.33 bits per heavy atom. The average molecular weight is 214 g/mol. The third kappa shape index (κ3) is 4.09. The number of nitrogens with one attached hydrogen (secondary N) is 1. The van der Waals surface area contributed by atoms with Gasteiger partial charge in [0.1, 0.15) is 0 Å². The molecule has 0 spiro atoms. The first-order valence-corrected chi connectivity index (χ1v) is 6.11. The molecular weight excluding hydrogens is 188 g/mol. The van der Waals surface area contributed by atoms with Crippen LogP contribution in [0, 0.1) is 5.41 Å². The van der Waals surface area contributed by atoms with Crippen LogP contribution < -0.4 is 5.32 Å². The van der Waals surface area contributed by atoms with E-state index >= 15 is 0 Å². The number of nitrogens with zero attached hydrogens (tertiary/aromatic N) is 1. The summed E-state index contributed by atoms with van der Waals surface area (Å²) in [6.45, 7) is 7.80. The molecule has 0 unspecified atom stereocenters. The van der Waals surface area contributed by atoms with Crippen LogP contribution in [0.4, 0.5) is 0 Å². The Bertz CT molecular complexity index is 161. The zero-order valence-electron chi connectivity index (χ0n) is 10.5. The van der Waals surface area contributed by atoms with E-state index < -0.39 is 0 Å². The van der Waals surface area contributed by atoms with E-state index in [4.69, 9.17) is 4.74 Å². The fraction of sp³-hybridized carbons (Fsp3) is 1.00. The van der Waals surface area contributed by atoms with Crippen molar-refractivity contribution < 1.29 is 4.74 Å². The molecule has 1 N–H and O–H groups in total. The first-order valence-electron chi connectivity index (χ1n) is 6.11. The van der Waals surface area contributed by atoms with Gasteiger partial charge in [0.05, 0.1) is 6.61 Å². The lowest BCUT2D eigenvalue weighted by atomic mass is 9.79. The Labute approximate surface area is 94.2 Å². The molecule has 0 aromatic heterocycles. The highest BCUT2D eigenvalue weighted by molar-refractivity contribution is 4.86. The first kappa shape index (κ1) is 12.9. The molecule has 90 valence electrons. The second kappa shape index (κ2) is 6.46. The third-order valence-corrected chi connectivity index (χ3v) is 3.33. The van der Waals surface area contributed by atoms with Crippen LogP contribution in [0.3, 0.4) is 0 Å². The minimum atomic E-state index is 0.393. The number of piperidine rings is 1. The maximum atomic E-state index is 5.41. The number of hydrogen-bond donors (Lipinski definition) is 1. The highest BCUT2D eigenvalue weighted by atomic mass is 16.5. The van der Waals surface area contributed by atoms with E-state index in [0.717, 1.165) is 19.7 Å². The molecule has 0 radical (unpaired) electrons. The van der Waals surface area contributed by atoms with E-state index in [1.54, 1.807) is 0 Å². The molecule has 3 nitrogen and oxygen atoms in total. The Balaban J connectivity index is 2.47. The Hall–Kier alpha value is -0.120. The average Bonchev–Trinajstić information content (AvgIpc) is 2.19. The van der Waals surface area contributed by atoms with E-state index in [2.05, 4.69) is 24.2 Å². The summed E-state index contributed by atoms with van der Waals surface area (Å²) in [6, 6.07) is 0. The molecule has 0 atom stereocenters. The van der Waals surface area contributed by atoms with Crippen molar-refractivity contribution in [3.63, 3.8) is 0 Å². The minimum Gasteiger partial charge on any atom is -0.384 e. The smallest absolute Gasteiger partial charge is 0.0531 e. The highest BCUT2D eigenvalue weighted by Gasteiger charge is 2.32. The summed E-state index contributed by atoms with van der Waals surface area (Å²) in [4.78, 5) is 2.45. The fourth-order valence-corrected chi connectivity index (χ4v) is 2.64. The Kier molecular flexibility index (Phi) is 5.58. The van der Waals surface area contributed by atoms with Crippen LogP contribution in [0.2, 0.25) is 0 Å². The lowest BCUT2D eigenvalue weighted by Crippen LogP contribution is -2.46. The summed E-state index contributed by atoms with van der Waals surface area (Å²) < 4.78 is 5.41. The standard InChI is InChI=1S/C12H26N2O/c1-4-9-14(2)10-12(11-15-3)5-7-13-8-6-12/h13H,4-11H2,1-3H3. The van der Waals surface area contributed by atoms with Gasteiger partial charge in [0.15, 0.2) is 0 Å². The van der Waals surface area contributed by atoms with Crippen LogP contribution in [0.1, 0.15) is 26.2 Å². The Morgan fingerprint density at radius 2 is 2.00 bits per heavy atom. The van der Waals surface area contributed by atoms with E-state index in [0.29, 0.717) is 5.41 Å². The molecule has 15 heavy (non-hydrogen) atoms. The van der Waals surface area contributed by atoms with Crippen molar-refractivity contribution >= 4 is 0 Å². The van der Waals surface area contributed by atoms with Gasteiger partial charge in [-0.2, -0.15) is 0 Å². The number of methoxy groups -OCH3 is 1.